The normalized spacial score (nSPS) is 21.3. The van der Waals surface area contributed by atoms with E-state index in [0.29, 0.717) is 88.7 Å². The lowest BCUT2D eigenvalue weighted by molar-refractivity contribution is 0.00332. The largest absolute Gasteiger partial charge is 0.494 e. The van der Waals surface area contributed by atoms with E-state index in [2.05, 4.69) is 108 Å². The summed E-state index contributed by atoms with van der Waals surface area (Å²) in [5.74, 6) is 0. The number of hydrogen-bond donors (Lipinski definition) is 2. The number of hydrogen-bond acceptors (Lipinski definition) is 20. The highest BCUT2D eigenvalue weighted by Gasteiger charge is 2.53. The van der Waals surface area contributed by atoms with Gasteiger partial charge in [-0.05, 0) is 109 Å². The Bertz CT molecular complexity index is 4900. The van der Waals surface area contributed by atoms with Gasteiger partial charge in [-0.1, -0.05) is 207 Å². The van der Waals surface area contributed by atoms with Crippen molar-refractivity contribution in [3.63, 3.8) is 0 Å². The van der Waals surface area contributed by atoms with Gasteiger partial charge in [0.05, 0.1) is 72.2 Å². The van der Waals surface area contributed by atoms with E-state index in [4.69, 9.17) is 90.3 Å². The van der Waals surface area contributed by atoms with Crippen molar-refractivity contribution >= 4 is 142 Å². The van der Waals surface area contributed by atoms with Gasteiger partial charge in [-0.15, -0.1) is 0 Å². The molecular weight excluding hydrogens is 1730 g/mol. The van der Waals surface area contributed by atoms with Crippen LogP contribution in [0.25, 0.3) is 56.0 Å². The molecule has 598 valence electrons. The lowest BCUT2D eigenvalue weighted by Gasteiger charge is -2.32. The number of pyridine rings is 2. The number of fused-ring (bicyclic) bond motifs is 4. The van der Waals surface area contributed by atoms with Crippen molar-refractivity contribution in [3.05, 3.63) is 169 Å². The predicted molar refractivity (Wildman–Crippen MR) is 458 cm³/mol. The molecule has 9 aromatic rings. The first-order valence-electron chi connectivity index (χ1n) is 36.8. The maximum atomic E-state index is 11.9. The Morgan fingerprint density at radius 1 is 0.523 bits per heavy atom. The van der Waals surface area contributed by atoms with Gasteiger partial charge in [0.2, 0.25) is 0 Å². The van der Waals surface area contributed by atoms with Gasteiger partial charge in [0.1, 0.15) is 61.1 Å². The molecule has 111 heavy (non-hydrogen) atoms. The molecule has 0 aliphatic carbocycles. The van der Waals surface area contributed by atoms with Crippen LogP contribution < -0.4 is 14.9 Å². The van der Waals surface area contributed by atoms with Crippen molar-refractivity contribution in [3.8, 4) is 45.7 Å². The molecular formula is C79H100BBr3Cl2N8O14S2Si2. The summed E-state index contributed by atoms with van der Waals surface area (Å²) in [7, 11) is -7.12. The summed E-state index contributed by atoms with van der Waals surface area (Å²) >= 11 is 23.7. The van der Waals surface area contributed by atoms with Crippen molar-refractivity contribution in [1.82, 2.24) is 29.1 Å². The van der Waals surface area contributed by atoms with Crippen molar-refractivity contribution in [2.75, 3.05) is 64.7 Å². The van der Waals surface area contributed by atoms with Crippen LogP contribution in [0.2, 0.25) is 61.4 Å². The molecule has 22 nitrogen and oxygen atoms in total. The molecule has 5 aliphatic heterocycles. The Labute approximate surface area is 689 Å². The maximum Gasteiger partial charge on any atom is 0.494 e. The Kier molecular flexibility index (Phi) is 29.0. The van der Waals surface area contributed by atoms with E-state index in [0.717, 1.165) is 65.2 Å². The number of benzene rings is 5. The average Bonchev–Trinajstić information content (AvgIpc) is 1.63. The third kappa shape index (κ3) is 23.4. The smallest absolute Gasteiger partial charge is 0.456 e. The zero-order valence-electron chi connectivity index (χ0n) is 65.2. The quantitative estimate of drug-likeness (QED) is 0.0343. The maximum absolute atomic E-state index is 11.9. The van der Waals surface area contributed by atoms with Crippen LogP contribution in [0.4, 0.5) is 0 Å². The van der Waals surface area contributed by atoms with Crippen LogP contribution in [0.15, 0.2) is 151 Å². The van der Waals surface area contributed by atoms with E-state index in [1.165, 1.54) is 5.56 Å². The van der Waals surface area contributed by atoms with Gasteiger partial charge in [-0.2, -0.15) is 9.97 Å². The van der Waals surface area contributed by atoms with Gasteiger partial charge in [-0.3, -0.25) is 17.6 Å². The predicted octanol–water partition coefficient (Wildman–Crippen LogP) is 16.2. The first-order chi connectivity index (χ1) is 52.4. The molecule has 0 bridgehead atoms. The summed E-state index contributed by atoms with van der Waals surface area (Å²) in [5.41, 5.74) is 10.9. The minimum atomic E-state index is -2.13. The second-order valence-electron chi connectivity index (χ2n) is 32.1. The molecule has 5 fully saturated rings. The van der Waals surface area contributed by atoms with Crippen LogP contribution in [0.1, 0.15) is 44.4 Å². The second kappa shape index (κ2) is 37.1. The molecule has 0 amide bonds. The molecule has 5 aliphatic rings. The molecule has 5 saturated heterocycles. The summed E-state index contributed by atoms with van der Waals surface area (Å²) in [6.07, 6.45) is 2.83. The van der Waals surface area contributed by atoms with Crippen LogP contribution in [0.5, 0.6) is 12.0 Å². The molecule has 0 spiro atoms. The van der Waals surface area contributed by atoms with Crippen LogP contribution in [0.3, 0.4) is 0 Å². The molecule has 32 heteroatoms. The number of nitrogens with zero attached hydrogens (tertiary/aromatic N) is 8. The van der Waals surface area contributed by atoms with Crippen molar-refractivity contribution in [2.45, 2.75) is 171 Å². The van der Waals surface area contributed by atoms with Crippen LogP contribution in [0, 0.1) is 0 Å². The van der Waals surface area contributed by atoms with E-state index in [1.807, 2.05) is 146 Å². The minimum absolute atomic E-state index is 0.214. The summed E-state index contributed by atoms with van der Waals surface area (Å²) in [5, 5.41) is 22.2. The molecule has 8 atom stereocenters. The number of imidazole rings is 2. The highest BCUT2D eigenvalue weighted by Crippen LogP contribution is 2.40. The molecule has 9 heterocycles. The SMILES string of the molecule is BrCc1ccc(Br)cc1.CC1(C)OB(c2ccc(-c3nc4c(cc3Cl)nc(O[C@@H]3CO[C@H]5[C@@H]3OC[C@H]5O)n4COCC[Si](C)(C)C)cc2)OC1(C)C.CS(C)(=O)=NCc1ccc(Br)cc1.C[Si](C)(C)CCOCn1c(O[C@@H]2CO[C@H]3[C@@H]2OC[C@H]3O)nc2cc(Cl)c(-c3ccc(-c4ccc(CN=S(C)(C)=O)cc4)cc3)nc21. The Hall–Kier alpha value is -5.04. The third-order valence-electron chi connectivity index (χ3n) is 19.4. The average molecular weight is 1830 g/mol. The molecule has 0 unspecified atom stereocenters. The number of rotatable bonds is 23. The van der Waals surface area contributed by atoms with Gasteiger partial charge in [0, 0.05) is 99.2 Å². The summed E-state index contributed by atoms with van der Waals surface area (Å²) < 4.78 is 97.8. The van der Waals surface area contributed by atoms with Gasteiger partial charge in [0.25, 0.3) is 0 Å². The number of aromatic nitrogens is 6. The van der Waals surface area contributed by atoms with Crippen molar-refractivity contribution < 1.29 is 65.8 Å². The fourth-order valence-electron chi connectivity index (χ4n) is 12.3. The third-order valence-corrected chi connectivity index (χ3v) is 26.6. The van der Waals surface area contributed by atoms with Crippen molar-refractivity contribution in [2.24, 2.45) is 8.73 Å². The highest BCUT2D eigenvalue weighted by molar-refractivity contribution is 9.10. The molecule has 14 rings (SSSR count). The summed E-state index contributed by atoms with van der Waals surface area (Å²) in [6.45, 7) is 25.7. The van der Waals surface area contributed by atoms with Gasteiger partial charge in [0.15, 0.2) is 23.5 Å². The fourth-order valence-corrected chi connectivity index (χ4v) is 16.1. The Balaban J connectivity index is 0.000000173. The number of ether oxygens (including phenoxy) is 8. The number of aliphatic hydroxyl groups excluding tert-OH is 2. The topological polar surface area (TPSA) is 253 Å². The van der Waals surface area contributed by atoms with E-state index >= 15 is 0 Å². The van der Waals surface area contributed by atoms with E-state index in [9.17, 15) is 18.6 Å². The Morgan fingerprint density at radius 2 is 0.874 bits per heavy atom. The van der Waals surface area contributed by atoms with Gasteiger partial charge in [-0.25, -0.2) is 18.7 Å². The van der Waals surface area contributed by atoms with Crippen LogP contribution >= 0.6 is 71.0 Å². The monoisotopic (exact) mass is 1820 g/mol. The van der Waals surface area contributed by atoms with Crippen LogP contribution in [-0.4, -0.2) is 196 Å². The Morgan fingerprint density at radius 3 is 1.25 bits per heavy atom. The van der Waals surface area contributed by atoms with E-state index in [-0.39, 0.29) is 45.5 Å². The minimum Gasteiger partial charge on any atom is -0.456 e. The zero-order chi connectivity index (χ0) is 80.0. The van der Waals surface area contributed by atoms with Gasteiger partial charge < -0.3 is 57.4 Å². The lowest BCUT2D eigenvalue weighted by Crippen LogP contribution is -2.41. The zero-order valence-corrected chi connectivity index (χ0v) is 75.1. The standard InChI is InChI=1S/C33H41ClN4O6SSi.C30H41BClN3O7Si.C9H12BrNOS.C7H6Br2/c1-45(2,40)35-17-21-6-8-22(9-7-21)23-10-12-24(13-11-23)29-25(34)16-26-32(37-29)38(20-41-14-15-46(3,4)5)33(36-26)44-28-19-43-30-27(39)18-42-31(28)30;1-29(2)30(3,4)42-31(41-29)19-10-8-18(9-11-19)24-20(32)14-21-27(34-24)35(17-37-12-13-43(5,6)7)28(33-21)40-23-16-39-25-22(36)15-38-26(23)25;1-13(2,12)11-7-8-3-5-9(10)6-4-8;8-5-6-1-3-7(9)4-2-6/h6-13,16,27-28,30-31,39H,14-15,17-20H2,1-5H3;8-11,14,22-23,25-26,36H,12-13,15-17H2,1-7H3;3-6H,7H2,1-2H3;1-4H,5H2/t27-,28-,30-,31-;22-,23-,25-,26-;;/m11../s1. The lowest BCUT2D eigenvalue weighted by atomic mass is 9.79. The highest BCUT2D eigenvalue weighted by atomic mass is 79.9. The molecule has 0 radical (unpaired) electrons. The number of alkyl halides is 1. The first kappa shape index (κ1) is 86.8. The molecule has 5 aromatic carbocycles. The second-order valence-corrected chi connectivity index (χ2v) is 51.8. The fraction of sp³-hybridized carbons (Fsp3) is 0.468. The van der Waals surface area contributed by atoms with E-state index < -0.39 is 90.6 Å². The first-order valence-corrected chi connectivity index (χ1v) is 52.3. The van der Waals surface area contributed by atoms with Crippen molar-refractivity contribution in [1.29, 1.82) is 0 Å². The van der Waals surface area contributed by atoms with E-state index in [1.54, 1.807) is 37.2 Å². The van der Waals surface area contributed by atoms with Crippen LogP contribution in [-0.2, 0) is 89.1 Å². The summed E-state index contributed by atoms with van der Waals surface area (Å²) in [4.78, 5) is 19.4. The molecule has 0 saturated carbocycles. The number of aliphatic hydroxyl groups is 2. The number of halogens is 5. The molecule has 2 N–H and O–H groups in total. The van der Waals surface area contributed by atoms with Gasteiger partial charge >= 0.3 is 19.1 Å². The summed E-state index contributed by atoms with van der Waals surface area (Å²) in [6, 6.07) is 46.6. The molecule has 4 aromatic heterocycles.